The highest BCUT2D eigenvalue weighted by molar-refractivity contribution is 5.88. The fraction of sp³-hybridized carbons (Fsp3) is 0.462. The van der Waals surface area contributed by atoms with Gasteiger partial charge in [-0.1, -0.05) is 0 Å². The van der Waals surface area contributed by atoms with Gasteiger partial charge in [-0.25, -0.2) is 4.79 Å². The predicted octanol–water partition coefficient (Wildman–Crippen LogP) is 2.22. The molecule has 0 aromatic heterocycles. The Morgan fingerprint density at radius 2 is 2.12 bits per heavy atom. The van der Waals surface area contributed by atoms with Gasteiger partial charge in [0.05, 0.1) is 18.2 Å². The number of nitrogens with one attached hydrogen (secondary N) is 1. The van der Waals surface area contributed by atoms with E-state index < -0.39 is 5.97 Å². The molecular formula is C13H17NO3. The second-order valence-electron chi connectivity index (χ2n) is 4.43. The lowest BCUT2D eigenvalue weighted by Gasteiger charge is -2.18. The molecule has 92 valence electrons. The van der Waals surface area contributed by atoms with Crippen LogP contribution >= 0.6 is 0 Å². The van der Waals surface area contributed by atoms with Gasteiger partial charge in [0.25, 0.3) is 0 Å². The largest absolute Gasteiger partial charge is 0.478 e. The molecule has 4 heteroatoms. The first-order chi connectivity index (χ1) is 8.20. The normalized spacial score (nSPS) is 16.5. The number of hydrogen-bond acceptors (Lipinski definition) is 3. The van der Waals surface area contributed by atoms with Crippen molar-refractivity contribution in [1.82, 2.24) is 0 Å². The van der Waals surface area contributed by atoms with Gasteiger partial charge in [-0.15, -0.1) is 0 Å². The molecule has 1 atom stereocenters. The van der Waals surface area contributed by atoms with Crippen LogP contribution in [-0.2, 0) is 4.74 Å². The van der Waals surface area contributed by atoms with Gasteiger partial charge in [-0.2, -0.15) is 0 Å². The van der Waals surface area contributed by atoms with E-state index in [2.05, 4.69) is 5.32 Å². The number of ether oxygens (including phenoxy) is 1. The Morgan fingerprint density at radius 3 is 2.59 bits per heavy atom. The summed E-state index contributed by atoms with van der Waals surface area (Å²) in [6.07, 6.45) is 2.49. The number of benzene rings is 1. The van der Waals surface area contributed by atoms with Crippen molar-refractivity contribution < 1.29 is 14.6 Å². The minimum Gasteiger partial charge on any atom is -0.478 e. The third kappa shape index (κ3) is 3.20. The molecule has 0 aliphatic heterocycles. The molecule has 0 amide bonds. The smallest absolute Gasteiger partial charge is 0.335 e. The monoisotopic (exact) mass is 235 g/mol. The van der Waals surface area contributed by atoms with E-state index in [9.17, 15) is 4.79 Å². The van der Waals surface area contributed by atoms with Crippen molar-refractivity contribution >= 4 is 11.7 Å². The molecular weight excluding hydrogens is 218 g/mol. The Bertz CT molecular complexity index is 384. The second kappa shape index (κ2) is 5.19. The number of methoxy groups -OCH3 is 1. The minimum atomic E-state index is -0.896. The summed E-state index contributed by atoms with van der Waals surface area (Å²) >= 11 is 0. The van der Waals surface area contributed by atoms with Crippen molar-refractivity contribution in [2.75, 3.05) is 19.0 Å². The minimum absolute atomic E-state index is 0.310. The van der Waals surface area contributed by atoms with E-state index >= 15 is 0 Å². The van der Waals surface area contributed by atoms with Crippen LogP contribution in [0.15, 0.2) is 24.3 Å². The molecule has 17 heavy (non-hydrogen) atoms. The lowest BCUT2D eigenvalue weighted by Crippen LogP contribution is -2.27. The highest BCUT2D eigenvalue weighted by Gasteiger charge is 2.31. The molecule has 4 nitrogen and oxygen atoms in total. The number of carboxylic acids is 1. The second-order valence-corrected chi connectivity index (χ2v) is 4.43. The van der Waals surface area contributed by atoms with Crippen molar-refractivity contribution in [3.8, 4) is 0 Å². The van der Waals surface area contributed by atoms with Crippen molar-refractivity contribution in [3.63, 3.8) is 0 Å². The summed E-state index contributed by atoms with van der Waals surface area (Å²) in [7, 11) is 1.70. The molecule has 2 N–H and O–H groups in total. The summed E-state index contributed by atoms with van der Waals surface area (Å²) < 4.78 is 5.18. The van der Waals surface area contributed by atoms with Gasteiger partial charge in [-0.3, -0.25) is 0 Å². The zero-order chi connectivity index (χ0) is 12.3. The zero-order valence-electron chi connectivity index (χ0n) is 9.85. The Hall–Kier alpha value is -1.55. The Kier molecular flexibility index (Phi) is 3.64. The van der Waals surface area contributed by atoms with Crippen molar-refractivity contribution in [3.05, 3.63) is 29.8 Å². The summed E-state index contributed by atoms with van der Waals surface area (Å²) in [5.74, 6) is -0.207. The quantitative estimate of drug-likeness (QED) is 0.793. The number of anilines is 1. The SMILES string of the molecule is COCC(Nc1ccc(C(=O)O)cc1)C1CC1. The summed E-state index contributed by atoms with van der Waals surface area (Å²) in [4.78, 5) is 10.7. The molecule has 1 aliphatic rings. The van der Waals surface area contributed by atoms with Gasteiger partial charge in [-0.05, 0) is 43.0 Å². The van der Waals surface area contributed by atoms with Gasteiger partial charge >= 0.3 is 5.97 Å². The van der Waals surface area contributed by atoms with Crippen LogP contribution in [0, 0.1) is 5.92 Å². The van der Waals surface area contributed by atoms with Gasteiger partial charge < -0.3 is 15.2 Å². The molecule has 0 saturated heterocycles. The first-order valence-corrected chi connectivity index (χ1v) is 5.79. The first-order valence-electron chi connectivity index (χ1n) is 5.79. The lowest BCUT2D eigenvalue weighted by molar-refractivity contribution is 0.0697. The number of aromatic carboxylic acids is 1. The van der Waals surface area contributed by atoms with Gasteiger partial charge in [0.2, 0.25) is 0 Å². The standard InChI is InChI=1S/C13H17NO3/c1-17-8-12(9-2-3-9)14-11-6-4-10(5-7-11)13(15)16/h4-7,9,12,14H,2-3,8H2,1H3,(H,15,16). The van der Waals surface area contributed by atoms with Gasteiger partial charge in [0.1, 0.15) is 0 Å². The Balaban J connectivity index is 1.99. The van der Waals surface area contributed by atoms with E-state index in [0.717, 1.165) is 5.69 Å². The lowest BCUT2D eigenvalue weighted by atomic mass is 10.1. The van der Waals surface area contributed by atoms with Crippen LogP contribution in [0.2, 0.25) is 0 Å². The maximum atomic E-state index is 10.7. The van der Waals surface area contributed by atoms with Gasteiger partial charge in [0, 0.05) is 12.8 Å². The summed E-state index contributed by atoms with van der Waals surface area (Å²) in [5.41, 5.74) is 1.26. The number of rotatable bonds is 6. The third-order valence-corrected chi connectivity index (χ3v) is 3.02. The van der Waals surface area contributed by atoms with Crippen LogP contribution in [0.4, 0.5) is 5.69 Å². The van der Waals surface area contributed by atoms with Crippen molar-refractivity contribution in [1.29, 1.82) is 0 Å². The maximum absolute atomic E-state index is 10.7. The van der Waals surface area contributed by atoms with Crippen molar-refractivity contribution in [2.24, 2.45) is 5.92 Å². The molecule has 0 heterocycles. The van der Waals surface area contributed by atoms with Crippen LogP contribution in [0.25, 0.3) is 0 Å². The average molecular weight is 235 g/mol. The summed E-state index contributed by atoms with van der Waals surface area (Å²) in [6.45, 7) is 0.686. The molecule has 0 spiro atoms. The predicted molar refractivity (Wildman–Crippen MR) is 65.4 cm³/mol. The van der Waals surface area contributed by atoms with Gasteiger partial charge in [0.15, 0.2) is 0 Å². The Labute approximate surface area is 101 Å². The molecule has 1 saturated carbocycles. The van der Waals surface area contributed by atoms with E-state index in [1.54, 1.807) is 31.4 Å². The summed E-state index contributed by atoms with van der Waals surface area (Å²) in [5, 5.41) is 12.2. The molecule has 1 aromatic carbocycles. The molecule has 2 rings (SSSR count). The van der Waals surface area contributed by atoms with E-state index in [0.29, 0.717) is 24.1 Å². The first kappa shape index (κ1) is 11.9. The van der Waals surface area contributed by atoms with E-state index in [1.165, 1.54) is 12.8 Å². The molecule has 1 fully saturated rings. The molecule has 1 aliphatic carbocycles. The van der Waals surface area contributed by atoms with E-state index in [1.807, 2.05) is 0 Å². The third-order valence-electron chi connectivity index (χ3n) is 3.02. The van der Waals surface area contributed by atoms with E-state index in [-0.39, 0.29) is 0 Å². The highest BCUT2D eigenvalue weighted by atomic mass is 16.5. The van der Waals surface area contributed by atoms with Crippen LogP contribution < -0.4 is 5.32 Å². The van der Waals surface area contributed by atoms with Crippen LogP contribution in [-0.4, -0.2) is 30.8 Å². The maximum Gasteiger partial charge on any atom is 0.335 e. The molecule has 1 unspecified atom stereocenters. The average Bonchev–Trinajstić information content (AvgIpc) is 3.13. The van der Waals surface area contributed by atoms with Crippen LogP contribution in [0.5, 0.6) is 0 Å². The molecule has 0 radical (unpaired) electrons. The van der Waals surface area contributed by atoms with E-state index in [4.69, 9.17) is 9.84 Å². The fourth-order valence-electron chi connectivity index (χ4n) is 1.90. The van der Waals surface area contributed by atoms with Crippen LogP contribution in [0.1, 0.15) is 23.2 Å². The highest BCUT2D eigenvalue weighted by Crippen LogP contribution is 2.34. The molecule has 1 aromatic rings. The Morgan fingerprint density at radius 1 is 1.47 bits per heavy atom. The number of carboxylic acid groups (broad SMARTS) is 1. The summed E-state index contributed by atoms with van der Waals surface area (Å²) in [6, 6.07) is 7.15. The van der Waals surface area contributed by atoms with Crippen molar-refractivity contribution in [2.45, 2.75) is 18.9 Å². The topological polar surface area (TPSA) is 58.6 Å². The van der Waals surface area contributed by atoms with Crippen LogP contribution in [0.3, 0.4) is 0 Å². The fourth-order valence-corrected chi connectivity index (χ4v) is 1.90. The zero-order valence-corrected chi connectivity index (χ0v) is 9.85. The number of carbonyl (C=O) groups is 1. The number of hydrogen-bond donors (Lipinski definition) is 2. The molecule has 0 bridgehead atoms.